The SMILES string of the molecule is CCCn1cc(N)cc1C(=O)NCC(C)COC. The Labute approximate surface area is 108 Å². The number of nitrogens with two attached hydrogens (primary N) is 1. The molecule has 1 atom stereocenters. The second-order valence-corrected chi connectivity index (χ2v) is 4.62. The summed E-state index contributed by atoms with van der Waals surface area (Å²) < 4.78 is 6.93. The van der Waals surface area contributed by atoms with Crippen molar-refractivity contribution < 1.29 is 9.53 Å². The van der Waals surface area contributed by atoms with E-state index in [2.05, 4.69) is 12.2 Å². The van der Waals surface area contributed by atoms with E-state index in [9.17, 15) is 4.79 Å². The molecule has 1 aromatic rings. The van der Waals surface area contributed by atoms with Gasteiger partial charge in [-0.2, -0.15) is 0 Å². The molecular formula is C13H23N3O2. The Morgan fingerprint density at radius 1 is 1.61 bits per heavy atom. The molecule has 1 heterocycles. The lowest BCUT2D eigenvalue weighted by atomic mass is 10.2. The van der Waals surface area contributed by atoms with Crippen molar-refractivity contribution in [2.75, 3.05) is 26.0 Å². The number of carbonyl (C=O) groups is 1. The van der Waals surface area contributed by atoms with E-state index in [0.717, 1.165) is 13.0 Å². The number of methoxy groups -OCH3 is 1. The number of amides is 1. The Balaban J connectivity index is 2.60. The fourth-order valence-corrected chi connectivity index (χ4v) is 1.85. The Morgan fingerprint density at radius 3 is 2.94 bits per heavy atom. The summed E-state index contributed by atoms with van der Waals surface area (Å²) in [7, 11) is 1.66. The predicted molar refractivity (Wildman–Crippen MR) is 72.5 cm³/mol. The minimum Gasteiger partial charge on any atom is -0.397 e. The molecule has 1 aromatic heterocycles. The van der Waals surface area contributed by atoms with Gasteiger partial charge >= 0.3 is 0 Å². The van der Waals surface area contributed by atoms with E-state index in [1.165, 1.54) is 0 Å². The molecule has 0 radical (unpaired) electrons. The molecule has 3 N–H and O–H groups in total. The Morgan fingerprint density at radius 2 is 2.33 bits per heavy atom. The van der Waals surface area contributed by atoms with E-state index >= 15 is 0 Å². The second kappa shape index (κ2) is 7.06. The average molecular weight is 253 g/mol. The van der Waals surface area contributed by atoms with Crippen LogP contribution < -0.4 is 11.1 Å². The third-order valence-electron chi connectivity index (χ3n) is 2.68. The van der Waals surface area contributed by atoms with Crippen LogP contribution in [0.2, 0.25) is 0 Å². The van der Waals surface area contributed by atoms with Crippen LogP contribution in [0.4, 0.5) is 5.69 Å². The first-order chi connectivity index (χ1) is 8.58. The third kappa shape index (κ3) is 4.07. The Hall–Kier alpha value is -1.49. The highest BCUT2D eigenvalue weighted by Gasteiger charge is 2.13. The zero-order chi connectivity index (χ0) is 13.5. The fraction of sp³-hybridized carbons (Fsp3) is 0.615. The molecule has 0 aromatic carbocycles. The van der Waals surface area contributed by atoms with Crippen LogP contribution in [0.15, 0.2) is 12.3 Å². The zero-order valence-electron chi connectivity index (χ0n) is 11.4. The Bertz CT molecular complexity index is 388. The number of carbonyl (C=O) groups excluding carboxylic acids is 1. The first-order valence-electron chi connectivity index (χ1n) is 6.31. The molecule has 0 bridgehead atoms. The van der Waals surface area contributed by atoms with E-state index in [1.54, 1.807) is 19.4 Å². The van der Waals surface area contributed by atoms with E-state index in [0.29, 0.717) is 30.5 Å². The van der Waals surface area contributed by atoms with E-state index < -0.39 is 0 Å². The van der Waals surface area contributed by atoms with E-state index in [1.807, 2.05) is 11.5 Å². The van der Waals surface area contributed by atoms with Gasteiger partial charge in [0.25, 0.3) is 5.91 Å². The number of anilines is 1. The van der Waals surface area contributed by atoms with Crippen molar-refractivity contribution in [2.45, 2.75) is 26.8 Å². The maximum atomic E-state index is 12.0. The molecule has 0 fully saturated rings. The first kappa shape index (κ1) is 14.6. The molecule has 1 rings (SSSR count). The maximum Gasteiger partial charge on any atom is 0.267 e. The molecule has 0 saturated heterocycles. The van der Waals surface area contributed by atoms with Gasteiger partial charge in [0.2, 0.25) is 0 Å². The zero-order valence-corrected chi connectivity index (χ0v) is 11.4. The van der Waals surface area contributed by atoms with Gasteiger partial charge in [-0.15, -0.1) is 0 Å². The highest BCUT2D eigenvalue weighted by molar-refractivity contribution is 5.93. The molecule has 5 nitrogen and oxygen atoms in total. The summed E-state index contributed by atoms with van der Waals surface area (Å²) in [6, 6.07) is 1.71. The normalized spacial score (nSPS) is 12.4. The van der Waals surface area contributed by atoms with Crippen LogP contribution in [-0.2, 0) is 11.3 Å². The van der Waals surface area contributed by atoms with Crippen molar-refractivity contribution >= 4 is 11.6 Å². The standard InChI is InChI=1S/C13H23N3O2/c1-4-5-16-8-11(14)6-12(16)13(17)15-7-10(2)9-18-3/h6,8,10H,4-5,7,9,14H2,1-3H3,(H,15,17). The molecule has 5 heteroatoms. The number of rotatable bonds is 7. The number of nitrogen functional groups attached to an aromatic ring is 1. The van der Waals surface area contributed by atoms with Crippen LogP contribution in [0.1, 0.15) is 30.8 Å². The van der Waals surface area contributed by atoms with Crippen LogP contribution in [0.5, 0.6) is 0 Å². The molecule has 18 heavy (non-hydrogen) atoms. The van der Waals surface area contributed by atoms with Gasteiger partial charge in [0.1, 0.15) is 5.69 Å². The summed E-state index contributed by atoms with van der Waals surface area (Å²) in [5.41, 5.74) is 6.98. The summed E-state index contributed by atoms with van der Waals surface area (Å²) >= 11 is 0. The van der Waals surface area contributed by atoms with Crippen LogP contribution in [0, 0.1) is 5.92 Å². The first-order valence-corrected chi connectivity index (χ1v) is 6.31. The summed E-state index contributed by atoms with van der Waals surface area (Å²) in [6.45, 7) is 6.14. The highest BCUT2D eigenvalue weighted by atomic mass is 16.5. The van der Waals surface area contributed by atoms with Crippen molar-refractivity contribution in [2.24, 2.45) is 5.92 Å². The summed E-state index contributed by atoms with van der Waals surface area (Å²) in [4.78, 5) is 12.0. The molecule has 0 aliphatic carbocycles. The lowest BCUT2D eigenvalue weighted by molar-refractivity contribution is 0.0925. The van der Waals surface area contributed by atoms with Crippen molar-refractivity contribution in [3.05, 3.63) is 18.0 Å². The topological polar surface area (TPSA) is 69.3 Å². The molecule has 0 aliphatic heterocycles. The smallest absolute Gasteiger partial charge is 0.267 e. The lowest BCUT2D eigenvalue weighted by Gasteiger charge is -2.12. The third-order valence-corrected chi connectivity index (χ3v) is 2.68. The predicted octanol–water partition coefficient (Wildman–Crippen LogP) is 1.49. The van der Waals surface area contributed by atoms with Gasteiger partial charge in [-0.25, -0.2) is 0 Å². The average Bonchev–Trinajstić information content (AvgIpc) is 2.68. The molecule has 0 spiro atoms. The minimum absolute atomic E-state index is 0.0805. The molecule has 1 amide bonds. The van der Waals surface area contributed by atoms with E-state index in [4.69, 9.17) is 10.5 Å². The summed E-state index contributed by atoms with van der Waals surface area (Å²) in [5, 5.41) is 2.90. The van der Waals surface area contributed by atoms with Crippen molar-refractivity contribution in [3.8, 4) is 0 Å². The summed E-state index contributed by atoms with van der Waals surface area (Å²) in [5.74, 6) is 0.217. The molecular weight excluding hydrogens is 230 g/mol. The largest absolute Gasteiger partial charge is 0.397 e. The maximum absolute atomic E-state index is 12.0. The quantitative estimate of drug-likeness (QED) is 0.773. The van der Waals surface area contributed by atoms with Crippen molar-refractivity contribution in [1.82, 2.24) is 9.88 Å². The van der Waals surface area contributed by atoms with Gasteiger partial charge in [-0.1, -0.05) is 13.8 Å². The highest BCUT2D eigenvalue weighted by Crippen LogP contribution is 2.11. The molecule has 0 aliphatic rings. The van der Waals surface area contributed by atoms with Crippen LogP contribution in [-0.4, -0.2) is 30.7 Å². The van der Waals surface area contributed by atoms with Crippen LogP contribution in [0.25, 0.3) is 0 Å². The number of nitrogens with zero attached hydrogens (tertiary/aromatic N) is 1. The number of aryl methyl sites for hydroxylation is 1. The lowest BCUT2D eigenvalue weighted by Crippen LogP contribution is -2.31. The van der Waals surface area contributed by atoms with Crippen LogP contribution in [0.3, 0.4) is 0 Å². The van der Waals surface area contributed by atoms with Crippen LogP contribution >= 0.6 is 0 Å². The summed E-state index contributed by atoms with van der Waals surface area (Å²) in [6.07, 6.45) is 2.77. The second-order valence-electron chi connectivity index (χ2n) is 4.62. The van der Waals surface area contributed by atoms with Gasteiger partial charge in [-0.3, -0.25) is 4.79 Å². The fourth-order valence-electron chi connectivity index (χ4n) is 1.85. The van der Waals surface area contributed by atoms with Gasteiger partial charge in [0.05, 0.1) is 12.3 Å². The van der Waals surface area contributed by atoms with Gasteiger partial charge < -0.3 is 20.4 Å². The van der Waals surface area contributed by atoms with Crippen molar-refractivity contribution in [3.63, 3.8) is 0 Å². The number of hydrogen-bond donors (Lipinski definition) is 2. The van der Waals surface area contributed by atoms with Crippen molar-refractivity contribution in [1.29, 1.82) is 0 Å². The number of hydrogen-bond acceptors (Lipinski definition) is 3. The van der Waals surface area contributed by atoms with Gasteiger partial charge in [0.15, 0.2) is 0 Å². The monoisotopic (exact) mass is 253 g/mol. The Kier molecular flexibility index (Phi) is 5.71. The van der Waals surface area contributed by atoms with Gasteiger partial charge in [-0.05, 0) is 18.4 Å². The minimum atomic E-state index is -0.0805. The number of aromatic nitrogens is 1. The van der Waals surface area contributed by atoms with Gasteiger partial charge in [0, 0.05) is 26.4 Å². The number of nitrogens with one attached hydrogen (secondary N) is 1. The molecule has 0 saturated carbocycles. The van der Waals surface area contributed by atoms with E-state index in [-0.39, 0.29) is 5.91 Å². The molecule has 1 unspecified atom stereocenters. The number of ether oxygens (including phenoxy) is 1. The molecule has 102 valence electrons.